The number of guanidine groups is 1. The molecule has 1 saturated heterocycles. The number of aliphatic carboxylic acids is 1. The van der Waals surface area contributed by atoms with Crippen LogP contribution in [0.3, 0.4) is 0 Å². The van der Waals surface area contributed by atoms with Gasteiger partial charge in [-0.2, -0.15) is 0 Å². The molecule has 0 radical (unpaired) electrons. The first kappa shape index (κ1) is 35.3. The van der Waals surface area contributed by atoms with Gasteiger partial charge in [-0.05, 0) is 76.7 Å². The van der Waals surface area contributed by atoms with Crippen LogP contribution in [0.4, 0.5) is 4.79 Å². The van der Waals surface area contributed by atoms with Crippen molar-refractivity contribution in [1.82, 2.24) is 20.4 Å². The number of ether oxygens (including phenoxy) is 3. The molecule has 1 aliphatic carbocycles. The average Bonchev–Trinajstić information content (AvgIpc) is 3.37. The molecule has 3 amide bonds. The van der Waals surface area contributed by atoms with Crippen LogP contribution in [0.25, 0.3) is 0 Å². The van der Waals surface area contributed by atoms with E-state index in [0.29, 0.717) is 30.1 Å². The van der Waals surface area contributed by atoms with Crippen LogP contribution in [0.15, 0.2) is 29.0 Å². The first-order valence-electron chi connectivity index (χ1n) is 15.8. The molecule has 15 heteroatoms. The van der Waals surface area contributed by atoms with E-state index < -0.39 is 47.9 Å². The third kappa shape index (κ3) is 7.56. The van der Waals surface area contributed by atoms with E-state index in [1.807, 2.05) is 12.1 Å². The molecule has 258 valence electrons. The van der Waals surface area contributed by atoms with Gasteiger partial charge >= 0.3 is 12.1 Å². The van der Waals surface area contributed by atoms with E-state index in [-0.39, 0.29) is 44.0 Å². The summed E-state index contributed by atoms with van der Waals surface area (Å²) in [5.41, 5.74) is 12.5. The molecule has 15 nitrogen and oxygen atoms in total. The predicted octanol–water partition coefficient (Wildman–Crippen LogP) is 0.828. The number of rotatable bonds is 13. The topological polar surface area (TPSA) is 211 Å². The highest BCUT2D eigenvalue weighted by Crippen LogP contribution is 2.61. The van der Waals surface area contributed by atoms with Crippen molar-refractivity contribution in [2.75, 3.05) is 47.4 Å². The second-order valence-corrected chi connectivity index (χ2v) is 12.5. The lowest BCUT2D eigenvalue weighted by atomic mass is 9.57. The van der Waals surface area contributed by atoms with Crippen LogP contribution in [0, 0.1) is 12.8 Å². The van der Waals surface area contributed by atoms with E-state index in [9.17, 15) is 19.2 Å². The summed E-state index contributed by atoms with van der Waals surface area (Å²) >= 11 is 0. The normalized spacial score (nSPS) is 23.4. The third-order valence-corrected chi connectivity index (χ3v) is 9.54. The quantitative estimate of drug-likeness (QED) is 0.0868. The Bertz CT molecular complexity index is 1430. The second-order valence-electron chi connectivity index (χ2n) is 12.5. The van der Waals surface area contributed by atoms with Crippen molar-refractivity contribution in [3.8, 4) is 11.5 Å². The maximum atomic E-state index is 13.3. The number of aryl methyl sites for hydroxylation is 1. The van der Waals surface area contributed by atoms with Crippen molar-refractivity contribution in [2.45, 2.75) is 69.6 Å². The van der Waals surface area contributed by atoms with E-state index in [4.69, 9.17) is 30.8 Å². The largest absolute Gasteiger partial charge is 0.493 e. The Labute approximate surface area is 274 Å². The first-order chi connectivity index (χ1) is 22.3. The Kier molecular flexibility index (Phi) is 11.2. The van der Waals surface area contributed by atoms with Gasteiger partial charge in [0.25, 0.3) is 0 Å². The number of allylic oxidation sites excluding steroid dienone is 1. The number of hydrogen-bond acceptors (Lipinski definition) is 9. The van der Waals surface area contributed by atoms with E-state index in [1.165, 1.54) is 4.90 Å². The number of nitrogens with two attached hydrogens (primary N) is 2. The predicted molar refractivity (Wildman–Crippen MR) is 173 cm³/mol. The number of amides is 3. The van der Waals surface area contributed by atoms with Crippen molar-refractivity contribution in [1.29, 1.82) is 0 Å². The molecule has 0 bridgehead atoms. The van der Waals surface area contributed by atoms with Crippen LogP contribution >= 0.6 is 0 Å². The number of fused-ring (bicyclic) bond motifs is 1. The molecule has 1 fully saturated rings. The molecule has 1 spiro atoms. The number of likely N-dealkylation sites (tertiary alicyclic amines) is 1. The summed E-state index contributed by atoms with van der Waals surface area (Å²) in [7, 11) is 5.31. The molecular weight excluding hydrogens is 610 g/mol. The number of benzene rings is 1. The van der Waals surface area contributed by atoms with Crippen LogP contribution in [-0.2, 0) is 24.5 Å². The number of piperidine rings is 1. The summed E-state index contributed by atoms with van der Waals surface area (Å²) in [6, 6.07) is 3.22. The van der Waals surface area contributed by atoms with Crippen LogP contribution < -0.4 is 31.6 Å². The van der Waals surface area contributed by atoms with Crippen LogP contribution in [-0.4, -0.2) is 110 Å². The molecular formula is C32H47N7O8. The Hall–Kier alpha value is -4.53. The number of nitrogens with one attached hydrogen (secondary N) is 2. The fourth-order valence-corrected chi connectivity index (χ4v) is 7.06. The monoisotopic (exact) mass is 657 g/mol. The molecule has 2 heterocycles. The lowest BCUT2D eigenvalue weighted by molar-refractivity contribution is -0.141. The van der Waals surface area contributed by atoms with E-state index in [2.05, 4.69) is 47.5 Å². The number of aliphatic imine (C=N–C) groups is 1. The summed E-state index contributed by atoms with van der Waals surface area (Å²) < 4.78 is 18.3. The highest BCUT2D eigenvalue weighted by Gasteiger charge is 2.62. The van der Waals surface area contributed by atoms with Crippen LogP contribution in [0.2, 0.25) is 0 Å². The van der Waals surface area contributed by atoms with Gasteiger partial charge in [-0.15, -0.1) is 0 Å². The Morgan fingerprint density at radius 2 is 2.02 bits per heavy atom. The molecule has 1 unspecified atom stereocenters. The summed E-state index contributed by atoms with van der Waals surface area (Å²) in [6.45, 7) is 5.56. The average molecular weight is 658 g/mol. The SMILES string of the molecule is COc1ccc(C)c2c1O[C@H]1C(OC(=O)N(C)CCNC(=O)C(CCCN=C(N)N)NC(=O)CC(=O)O)=CC[C@H]3[C@@H](C)N(C)CC[C@]213. The Morgan fingerprint density at radius 1 is 1.28 bits per heavy atom. The maximum absolute atomic E-state index is 13.3. The molecule has 4 rings (SSSR count). The van der Waals surface area contributed by atoms with Gasteiger partial charge in [0.05, 0.1) is 7.11 Å². The van der Waals surface area contributed by atoms with Gasteiger partial charge in [-0.1, -0.05) is 6.07 Å². The van der Waals surface area contributed by atoms with Crippen molar-refractivity contribution in [2.24, 2.45) is 22.4 Å². The molecule has 5 atom stereocenters. The van der Waals surface area contributed by atoms with E-state index >= 15 is 0 Å². The van der Waals surface area contributed by atoms with Gasteiger partial charge < -0.3 is 51.2 Å². The minimum atomic E-state index is -1.32. The minimum absolute atomic E-state index is 0.0559. The summed E-state index contributed by atoms with van der Waals surface area (Å²) in [5, 5.41) is 14.1. The molecule has 2 aliphatic heterocycles. The molecule has 3 aliphatic rings. The zero-order valence-electron chi connectivity index (χ0n) is 27.7. The number of carboxylic acids is 1. The van der Waals surface area contributed by atoms with Crippen molar-refractivity contribution >= 4 is 29.8 Å². The van der Waals surface area contributed by atoms with Gasteiger partial charge in [-0.25, -0.2) is 4.79 Å². The molecule has 1 aromatic carbocycles. The fraction of sp³-hybridized carbons (Fsp3) is 0.594. The van der Waals surface area contributed by atoms with Gasteiger partial charge in [0.15, 0.2) is 23.6 Å². The fourth-order valence-electron chi connectivity index (χ4n) is 7.06. The number of carbonyl (C=O) groups is 4. The minimum Gasteiger partial charge on any atom is -0.493 e. The van der Waals surface area contributed by atoms with Gasteiger partial charge in [0, 0.05) is 43.7 Å². The number of methoxy groups -OCH3 is 1. The van der Waals surface area contributed by atoms with Crippen molar-refractivity contribution in [3.05, 3.63) is 35.1 Å². The zero-order valence-corrected chi connectivity index (χ0v) is 27.7. The van der Waals surface area contributed by atoms with Gasteiger partial charge in [0.2, 0.25) is 11.8 Å². The number of carbonyl (C=O) groups excluding carboxylic acids is 3. The molecule has 7 N–H and O–H groups in total. The van der Waals surface area contributed by atoms with Gasteiger partial charge in [0.1, 0.15) is 18.2 Å². The molecule has 0 saturated carbocycles. The summed E-state index contributed by atoms with van der Waals surface area (Å²) in [6.07, 6.45) is 2.14. The zero-order chi connectivity index (χ0) is 34.5. The molecule has 0 aromatic heterocycles. The maximum Gasteiger partial charge on any atom is 0.414 e. The Morgan fingerprint density at radius 3 is 2.70 bits per heavy atom. The van der Waals surface area contributed by atoms with E-state index in [0.717, 1.165) is 24.1 Å². The smallest absolute Gasteiger partial charge is 0.414 e. The third-order valence-electron chi connectivity index (χ3n) is 9.54. The number of likely N-dealkylation sites (N-methyl/N-ethyl adjacent to an activating group) is 1. The van der Waals surface area contributed by atoms with Crippen molar-refractivity contribution < 1.29 is 38.5 Å². The highest BCUT2D eigenvalue weighted by atomic mass is 16.6. The molecule has 1 aromatic rings. The van der Waals surface area contributed by atoms with Crippen LogP contribution in [0.1, 0.15) is 50.2 Å². The first-order valence-corrected chi connectivity index (χ1v) is 15.8. The molecule has 47 heavy (non-hydrogen) atoms. The lowest BCUT2D eigenvalue weighted by Gasteiger charge is -2.53. The highest BCUT2D eigenvalue weighted by molar-refractivity contribution is 5.96. The number of hydrogen-bond donors (Lipinski definition) is 5. The summed E-state index contributed by atoms with van der Waals surface area (Å²) in [4.78, 5) is 56.8. The number of carboxylic acid groups (broad SMARTS) is 1. The van der Waals surface area contributed by atoms with Crippen molar-refractivity contribution in [3.63, 3.8) is 0 Å². The lowest BCUT2D eigenvalue weighted by Crippen LogP contribution is -2.60. The van der Waals surface area contributed by atoms with E-state index in [1.54, 1.807) is 14.2 Å². The second kappa shape index (κ2) is 14.9. The Balaban J connectivity index is 1.41. The van der Waals surface area contributed by atoms with Crippen LogP contribution in [0.5, 0.6) is 11.5 Å². The number of nitrogens with zero attached hydrogens (tertiary/aromatic N) is 3. The standard InChI is InChI=1S/C32H47N7O8/c1-18-8-10-22(45-5)27-26(18)32-12-15-38(3)19(2)20(32)9-11-23(28(32)47-27)46-31(44)39(4)16-14-35-29(43)21(7-6-13-36-30(33)34)37-24(40)17-25(41)42/h8,10-11,19-21,28H,6-7,9,12-17H2,1-5H3,(H,35,43)(H,37,40)(H,41,42)(H4,33,34,36)/t19-,20+,21?,28+,32+/m1/s1. The van der Waals surface area contributed by atoms with Gasteiger partial charge in [-0.3, -0.25) is 19.4 Å². The summed E-state index contributed by atoms with van der Waals surface area (Å²) in [5.74, 6) is -0.719.